The minimum absolute atomic E-state index is 0.0379. The number of likely N-dealkylation sites (N-methyl/N-ethyl adjacent to an activating group) is 1. The summed E-state index contributed by atoms with van der Waals surface area (Å²) in [6.07, 6.45) is 0.973. The molecule has 1 aromatic carbocycles. The molecular weight excluding hydrogens is 294 g/mol. The largest absolute Gasteiger partial charge is 0.378 e. The molecule has 1 aromatic rings. The molecule has 1 saturated heterocycles. The van der Waals surface area contributed by atoms with Crippen LogP contribution in [0.2, 0.25) is 0 Å². The lowest BCUT2D eigenvalue weighted by Gasteiger charge is -2.28. The molecule has 2 rings (SSSR count). The number of benzene rings is 1. The van der Waals surface area contributed by atoms with Gasteiger partial charge in [-0.05, 0) is 31.2 Å². The van der Waals surface area contributed by atoms with E-state index >= 15 is 0 Å². The SMILES string of the molecule is CCc1ccc(NC(=O)CN(C)CC(=O)N2CCOCC2)cc1. The number of rotatable bonds is 6. The van der Waals surface area contributed by atoms with Crippen LogP contribution in [0.1, 0.15) is 12.5 Å². The van der Waals surface area contributed by atoms with Gasteiger partial charge in [0.1, 0.15) is 0 Å². The van der Waals surface area contributed by atoms with E-state index in [9.17, 15) is 9.59 Å². The molecule has 6 heteroatoms. The maximum Gasteiger partial charge on any atom is 0.238 e. The van der Waals surface area contributed by atoms with Crippen molar-refractivity contribution >= 4 is 17.5 Å². The van der Waals surface area contributed by atoms with Crippen LogP contribution in [0.5, 0.6) is 0 Å². The lowest BCUT2D eigenvalue weighted by molar-refractivity contribution is -0.136. The molecule has 0 unspecified atom stereocenters. The van der Waals surface area contributed by atoms with E-state index in [1.54, 1.807) is 16.8 Å². The summed E-state index contributed by atoms with van der Waals surface area (Å²) in [7, 11) is 1.78. The lowest BCUT2D eigenvalue weighted by Crippen LogP contribution is -2.46. The molecule has 6 nitrogen and oxygen atoms in total. The number of morpholine rings is 1. The zero-order valence-corrected chi connectivity index (χ0v) is 13.9. The van der Waals surface area contributed by atoms with E-state index in [4.69, 9.17) is 4.74 Å². The van der Waals surface area contributed by atoms with Crippen LogP contribution >= 0.6 is 0 Å². The predicted octanol–water partition coefficient (Wildman–Crippen LogP) is 0.978. The van der Waals surface area contributed by atoms with Gasteiger partial charge in [-0.2, -0.15) is 0 Å². The van der Waals surface area contributed by atoms with Gasteiger partial charge in [0.15, 0.2) is 0 Å². The number of hydrogen-bond acceptors (Lipinski definition) is 4. The van der Waals surface area contributed by atoms with E-state index < -0.39 is 0 Å². The molecule has 1 heterocycles. The van der Waals surface area contributed by atoms with E-state index in [0.29, 0.717) is 26.3 Å². The summed E-state index contributed by atoms with van der Waals surface area (Å²) >= 11 is 0. The van der Waals surface area contributed by atoms with E-state index in [1.165, 1.54) is 5.56 Å². The second kappa shape index (κ2) is 8.64. The predicted molar refractivity (Wildman–Crippen MR) is 89.3 cm³/mol. The molecular formula is C17H25N3O3. The Bertz CT molecular complexity index is 524. The summed E-state index contributed by atoms with van der Waals surface area (Å²) in [6, 6.07) is 7.80. The number of amides is 2. The number of carbonyl (C=O) groups is 2. The van der Waals surface area contributed by atoms with Gasteiger partial charge in [-0.15, -0.1) is 0 Å². The second-order valence-corrected chi connectivity index (χ2v) is 5.76. The Labute approximate surface area is 137 Å². The quantitative estimate of drug-likeness (QED) is 0.849. The highest BCUT2D eigenvalue weighted by atomic mass is 16.5. The fourth-order valence-electron chi connectivity index (χ4n) is 2.47. The minimum Gasteiger partial charge on any atom is -0.378 e. The fraction of sp³-hybridized carbons (Fsp3) is 0.529. The molecule has 1 fully saturated rings. The van der Waals surface area contributed by atoms with Crippen molar-refractivity contribution in [1.82, 2.24) is 9.80 Å². The summed E-state index contributed by atoms with van der Waals surface area (Å²) in [5, 5.41) is 2.85. The first-order chi connectivity index (χ1) is 11.1. The second-order valence-electron chi connectivity index (χ2n) is 5.76. The summed E-state index contributed by atoms with van der Waals surface area (Å²) < 4.78 is 5.23. The zero-order chi connectivity index (χ0) is 16.7. The number of aryl methyl sites for hydroxylation is 1. The van der Waals surface area contributed by atoms with E-state index in [1.807, 2.05) is 24.3 Å². The number of ether oxygens (including phenoxy) is 1. The maximum atomic E-state index is 12.1. The van der Waals surface area contributed by atoms with Crippen LogP contribution in [0, 0.1) is 0 Å². The standard InChI is InChI=1S/C17H25N3O3/c1-3-14-4-6-15(7-5-14)18-16(21)12-19(2)13-17(22)20-8-10-23-11-9-20/h4-7H,3,8-13H2,1-2H3,(H,18,21). The summed E-state index contributed by atoms with van der Waals surface area (Å²) in [4.78, 5) is 27.7. The number of nitrogens with zero attached hydrogens (tertiary/aromatic N) is 2. The Morgan fingerprint density at radius 2 is 1.83 bits per heavy atom. The molecule has 0 saturated carbocycles. The monoisotopic (exact) mass is 319 g/mol. The van der Waals surface area contributed by atoms with Crippen molar-refractivity contribution < 1.29 is 14.3 Å². The zero-order valence-electron chi connectivity index (χ0n) is 13.9. The first-order valence-electron chi connectivity index (χ1n) is 8.01. The summed E-state index contributed by atoms with van der Waals surface area (Å²) in [5.41, 5.74) is 2.01. The van der Waals surface area contributed by atoms with Crippen LogP contribution < -0.4 is 5.32 Å². The molecule has 126 valence electrons. The Morgan fingerprint density at radius 3 is 2.43 bits per heavy atom. The van der Waals surface area contributed by atoms with Crippen molar-refractivity contribution in [2.75, 3.05) is 51.8 Å². The van der Waals surface area contributed by atoms with Gasteiger partial charge in [0.25, 0.3) is 0 Å². The van der Waals surface area contributed by atoms with Gasteiger partial charge in [0.2, 0.25) is 11.8 Å². The molecule has 23 heavy (non-hydrogen) atoms. The molecule has 1 aliphatic rings. The molecule has 0 bridgehead atoms. The summed E-state index contributed by atoms with van der Waals surface area (Å²) in [6.45, 7) is 4.94. The Morgan fingerprint density at radius 1 is 1.17 bits per heavy atom. The van der Waals surface area contributed by atoms with Gasteiger partial charge >= 0.3 is 0 Å². The third kappa shape index (κ3) is 5.65. The highest BCUT2D eigenvalue weighted by molar-refractivity contribution is 5.92. The van der Waals surface area contributed by atoms with Crippen LogP contribution in [0.3, 0.4) is 0 Å². The van der Waals surface area contributed by atoms with E-state index in [2.05, 4.69) is 12.2 Å². The number of hydrogen-bond donors (Lipinski definition) is 1. The highest BCUT2D eigenvalue weighted by Crippen LogP contribution is 2.10. The van der Waals surface area contributed by atoms with Crippen LogP contribution in [0.15, 0.2) is 24.3 Å². The average Bonchev–Trinajstić information content (AvgIpc) is 2.56. The van der Waals surface area contributed by atoms with Gasteiger partial charge in [-0.25, -0.2) is 0 Å². The van der Waals surface area contributed by atoms with Crippen molar-refractivity contribution in [1.29, 1.82) is 0 Å². The van der Waals surface area contributed by atoms with Gasteiger partial charge < -0.3 is 15.0 Å². The van der Waals surface area contributed by atoms with Gasteiger partial charge in [-0.3, -0.25) is 14.5 Å². The van der Waals surface area contributed by atoms with E-state index in [0.717, 1.165) is 12.1 Å². The Kier molecular flexibility index (Phi) is 6.55. The highest BCUT2D eigenvalue weighted by Gasteiger charge is 2.19. The third-order valence-corrected chi connectivity index (χ3v) is 3.83. The molecule has 2 amide bonds. The van der Waals surface area contributed by atoms with Crippen LogP contribution in [-0.4, -0.2) is 68.1 Å². The first-order valence-corrected chi connectivity index (χ1v) is 8.01. The first kappa shape index (κ1) is 17.4. The Hall–Kier alpha value is -1.92. The topological polar surface area (TPSA) is 61.9 Å². The Balaban J connectivity index is 1.76. The summed E-state index contributed by atoms with van der Waals surface area (Å²) in [5.74, 6) is -0.0811. The van der Waals surface area contributed by atoms with Crippen molar-refractivity contribution in [3.63, 3.8) is 0 Å². The van der Waals surface area contributed by atoms with Gasteiger partial charge in [0.05, 0.1) is 26.3 Å². The number of carbonyl (C=O) groups excluding carboxylic acids is 2. The van der Waals surface area contributed by atoms with Crippen LogP contribution in [0.4, 0.5) is 5.69 Å². The van der Waals surface area contributed by atoms with Crippen LogP contribution in [0.25, 0.3) is 0 Å². The number of nitrogens with one attached hydrogen (secondary N) is 1. The lowest BCUT2D eigenvalue weighted by atomic mass is 10.1. The molecule has 0 atom stereocenters. The molecule has 1 N–H and O–H groups in total. The van der Waals surface area contributed by atoms with E-state index in [-0.39, 0.29) is 24.9 Å². The van der Waals surface area contributed by atoms with Gasteiger partial charge in [0, 0.05) is 18.8 Å². The fourth-order valence-corrected chi connectivity index (χ4v) is 2.47. The number of anilines is 1. The molecule has 1 aliphatic heterocycles. The maximum absolute atomic E-state index is 12.1. The van der Waals surface area contributed by atoms with Crippen molar-refractivity contribution in [2.24, 2.45) is 0 Å². The van der Waals surface area contributed by atoms with Crippen LogP contribution in [-0.2, 0) is 20.7 Å². The molecule has 0 radical (unpaired) electrons. The molecule has 0 aliphatic carbocycles. The minimum atomic E-state index is -0.119. The van der Waals surface area contributed by atoms with Crippen molar-refractivity contribution in [3.8, 4) is 0 Å². The normalized spacial score (nSPS) is 14.8. The van der Waals surface area contributed by atoms with Gasteiger partial charge in [-0.1, -0.05) is 19.1 Å². The molecule has 0 spiro atoms. The average molecular weight is 319 g/mol. The van der Waals surface area contributed by atoms with Crippen molar-refractivity contribution in [2.45, 2.75) is 13.3 Å². The third-order valence-electron chi connectivity index (χ3n) is 3.83. The smallest absolute Gasteiger partial charge is 0.238 e. The van der Waals surface area contributed by atoms with Crippen molar-refractivity contribution in [3.05, 3.63) is 29.8 Å². The molecule has 0 aromatic heterocycles.